The Morgan fingerprint density at radius 2 is 1.88 bits per heavy atom. The second kappa shape index (κ2) is 9.76. The maximum atomic E-state index is 11.8. The minimum Gasteiger partial charge on any atom is -0.371 e. The summed E-state index contributed by atoms with van der Waals surface area (Å²) in [6.07, 6.45) is 2.95. The number of thioether (sulfide) groups is 1. The maximum absolute atomic E-state index is 11.8. The van der Waals surface area contributed by atoms with Gasteiger partial charge in [0.25, 0.3) is 5.91 Å². The largest absolute Gasteiger partial charge is 0.371 e. The van der Waals surface area contributed by atoms with Crippen LogP contribution in [0.3, 0.4) is 0 Å². The van der Waals surface area contributed by atoms with Crippen molar-refractivity contribution in [2.24, 2.45) is 5.92 Å². The summed E-state index contributed by atoms with van der Waals surface area (Å²) in [5.41, 5.74) is 0. The van der Waals surface area contributed by atoms with Crippen LogP contribution in [0.1, 0.15) is 25.7 Å². The predicted octanol–water partition coefficient (Wildman–Crippen LogP) is -0.474. The lowest BCUT2D eigenvalue weighted by molar-refractivity contribution is -0.141. The van der Waals surface area contributed by atoms with E-state index < -0.39 is 6.10 Å². The molecular weight excluding hydrogens is 346 g/mol. The second-order valence-corrected chi connectivity index (χ2v) is 7.24. The molecule has 0 bridgehead atoms. The minimum absolute atomic E-state index is 0.0507. The zero-order valence-electron chi connectivity index (χ0n) is 14.4. The van der Waals surface area contributed by atoms with Gasteiger partial charge in [0.05, 0.1) is 17.9 Å². The van der Waals surface area contributed by atoms with Crippen LogP contribution >= 0.6 is 11.8 Å². The van der Waals surface area contributed by atoms with Crippen LogP contribution in [0.4, 0.5) is 0 Å². The molecule has 1 aliphatic heterocycles. The van der Waals surface area contributed by atoms with E-state index in [1.165, 1.54) is 38.1 Å². The molecule has 1 saturated heterocycles. The summed E-state index contributed by atoms with van der Waals surface area (Å²) in [6, 6.07) is 0. The van der Waals surface area contributed by atoms with Crippen LogP contribution in [0.25, 0.3) is 0 Å². The van der Waals surface area contributed by atoms with Gasteiger partial charge in [0.1, 0.15) is 6.10 Å². The average Bonchev–Trinajstić information content (AvgIpc) is 2.80. The van der Waals surface area contributed by atoms with Gasteiger partial charge >= 0.3 is 0 Å². The SMILES string of the molecule is CO[C@H]1CC(=O)N(CCNC(=O)CSCC(=O)NCC2CCC2)C1=O. The van der Waals surface area contributed by atoms with Crippen LogP contribution in [0.5, 0.6) is 0 Å². The molecule has 1 aliphatic carbocycles. The van der Waals surface area contributed by atoms with Crippen molar-refractivity contribution < 1.29 is 23.9 Å². The Labute approximate surface area is 151 Å². The number of carbonyl (C=O) groups is 4. The Kier molecular flexibility index (Phi) is 7.70. The highest BCUT2D eigenvalue weighted by Crippen LogP contribution is 2.25. The first-order valence-corrected chi connectivity index (χ1v) is 9.65. The third kappa shape index (κ3) is 6.00. The third-order valence-electron chi connectivity index (χ3n) is 4.42. The summed E-state index contributed by atoms with van der Waals surface area (Å²) >= 11 is 1.24. The molecule has 1 atom stereocenters. The molecular formula is C16H25N3O5S. The van der Waals surface area contributed by atoms with Crippen LogP contribution in [-0.4, -0.2) is 72.9 Å². The highest BCUT2D eigenvalue weighted by atomic mass is 32.2. The van der Waals surface area contributed by atoms with Crippen molar-refractivity contribution in [2.75, 3.05) is 38.2 Å². The zero-order valence-corrected chi connectivity index (χ0v) is 15.2. The molecule has 2 rings (SSSR count). The van der Waals surface area contributed by atoms with Crippen molar-refractivity contribution in [1.29, 1.82) is 0 Å². The first-order chi connectivity index (χ1) is 12.0. The molecule has 0 spiro atoms. The van der Waals surface area contributed by atoms with Crippen LogP contribution in [0.15, 0.2) is 0 Å². The zero-order chi connectivity index (χ0) is 18.2. The number of carbonyl (C=O) groups excluding carboxylic acids is 4. The number of rotatable bonds is 10. The van der Waals surface area contributed by atoms with Crippen molar-refractivity contribution in [3.05, 3.63) is 0 Å². The average molecular weight is 371 g/mol. The number of hydrogen-bond donors (Lipinski definition) is 2. The van der Waals surface area contributed by atoms with E-state index in [2.05, 4.69) is 10.6 Å². The van der Waals surface area contributed by atoms with Crippen LogP contribution in [0, 0.1) is 5.92 Å². The smallest absolute Gasteiger partial charge is 0.258 e. The number of likely N-dealkylation sites (tertiary alicyclic amines) is 1. The van der Waals surface area contributed by atoms with Gasteiger partial charge in [-0.05, 0) is 18.8 Å². The van der Waals surface area contributed by atoms with Crippen molar-refractivity contribution in [3.8, 4) is 0 Å². The number of nitrogens with one attached hydrogen (secondary N) is 2. The Balaban J connectivity index is 1.52. The number of imide groups is 1. The molecule has 140 valence electrons. The molecule has 0 aromatic heterocycles. The summed E-state index contributed by atoms with van der Waals surface area (Å²) < 4.78 is 4.93. The highest BCUT2D eigenvalue weighted by Gasteiger charge is 2.38. The van der Waals surface area contributed by atoms with Gasteiger partial charge in [-0.25, -0.2) is 0 Å². The molecule has 8 nitrogen and oxygen atoms in total. The summed E-state index contributed by atoms with van der Waals surface area (Å²) in [7, 11) is 1.39. The Morgan fingerprint density at radius 1 is 1.20 bits per heavy atom. The molecule has 25 heavy (non-hydrogen) atoms. The van der Waals surface area contributed by atoms with Crippen molar-refractivity contribution in [3.63, 3.8) is 0 Å². The van der Waals surface area contributed by atoms with Crippen molar-refractivity contribution in [1.82, 2.24) is 15.5 Å². The molecule has 2 N–H and O–H groups in total. The number of ether oxygens (including phenoxy) is 1. The summed E-state index contributed by atoms with van der Waals surface area (Å²) in [4.78, 5) is 48.0. The maximum Gasteiger partial charge on any atom is 0.258 e. The topological polar surface area (TPSA) is 105 Å². The van der Waals surface area contributed by atoms with E-state index >= 15 is 0 Å². The monoisotopic (exact) mass is 371 g/mol. The van der Waals surface area contributed by atoms with Crippen molar-refractivity contribution in [2.45, 2.75) is 31.8 Å². The quantitative estimate of drug-likeness (QED) is 0.503. The number of amides is 4. The molecule has 4 amide bonds. The van der Waals surface area contributed by atoms with Gasteiger partial charge in [-0.3, -0.25) is 24.1 Å². The standard InChI is InChI=1S/C16H25N3O5S/c1-24-12-7-15(22)19(16(12)23)6-5-17-13(20)9-25-10-14(21)18-8-11-3-2-4-11/h11-12H,2-10H2,1H3,(H,17,20)(H,18,21)/t12-/m0/s1. The normalized spacial score (nSPS) is 20.5. The predicted molar refractivity (Wildman–Crippen MR) is 92.8 cm³/mol. The fourth-order valence-corrected chi connectivity index (χ4v) is 3.35. The van der Waals surface area contributed by atoms with Gasteiger partial charge in [-0.1, -0.05) is 6.42 Å². The Hall–Kier alpha value is -1.61. The van der Waals surface area contributed by atoms with E-state index in [-0.39, 0.29) is 54.6 Å². The lowest BCUT2D eigenvalue weighted by atomic mass is 9.85. The van der Waals surface area contributed by atoms with Gasteiger partial charge < -0.3 is 15.4 Å². The first-order valence-electron chi connectivity index (χ1n) is 8.49. The molecule has 0 aromatic carbocycles. The fraction of sp³-hybridized carbons (Fsp3) is 0.750. The van der Waals surface area contributed by atoms with Crippen LogP contribution in [-0.2, 0) is 23.9 Å². The summed E-state index contributed by atoms with van der Waals surface area (Å²) in [5, 5.41) is 5.52. The van der Waals surface area contributed by atoms with E-state index in [1.807, 2.05) is 0 Å². The Bertz CT molecular complexity index is 524. The van der Waals surface area contributed by atoms with E-state index in [1.54, 1.807) is 0 Å². The fourth-order valence-electron chi connectivity index (χ4n) is 2.67. The van der Waals surface area contributed by atoms with Gasteiger partial charge in [-0.15, -0.1) is 11.8 Å². The molecule has 1 saturated carbocycles. The third-order valence-corrected chi connectivity index (χ3v) is 5.36. The first kappa shape index (κ1) is 19.7. The van der Waals surface area contributed by atoms with E-state index in [0.717, 1.165) is 11.4 Å². The molecule has 2 aliphatic rings. The molecule has 0 unspecified atom stereocenters. The Morgan fingerprint density at radius 3 is 2.44 bits per heavy atom. The van der Waals surface area contributed by atoms with Gasteiger partial charge in [0.2, 0.25) is 17.7 Å². The molecule has 1 heterocycles. The van der Waals surface area contributed by atoms with E-state index in [4.69, 9.17) is 4.74 Å². The van der Waals surface area contributed by atoms with Gasteiger partial charge in [-0.2, -0.15) is 0 Å². The van der Waals surface area contributed by atoms with Crippen LogP contribution < -0.4 is 10.6 Å². The van der Waals surface area contributed by atoms with E-state index in [0.29, 0.717) is 5.92 Å². The summed E-state index contributed by atoms with van der Waals surface area (Å²) in [5.74, 6) is 0.106. The molecule has 0 radical (unpaired) electrons. The minimum atomic E-state index is -0.711. The van der Waals surface area contributed by atoms with Gasteiger partial charge in [0.15, 0.2) is 0 Å². The van der Waals surface area contributed by atoms with Gasteiger partial charge in [0, 0.05) is 26.7 Å². The number of nitrogens with zero attached hydrogens (tertiary/aromatic N) is 1. The number of hydrogen-bond acceptors (Lipinski definition) is 6. The molecule has 9 heteroatoms. The highest BCUT2D eigenvalue weighted by molar-refractivity contribution is 8.00. The van der Waals surface area contributed by atoms with E-state index in [9.17, 15) is 19.2 Å². The molecule has 2 fully saturated rings. The van der Waals surface area contributed by atoms with Crippen LogP contribution in [0.2, 0.25) is 0 Å². The lowest BCUT2D eigenvalue weighted by Gasteiger charge is -2.25. The van der Waals surface area contributed by atoms with Crippen molar-refractivity contribution >= 4 is 35.4 Å². The number of methoxy groups -OCH3 is 1. The lowest BCUT2D eigenvalue weighted by Crippen LogP contribution is -2.40. The summed E-state index contributed by atoms with van der Waals surface area (Å²) in [6.45, 7) is 1.06. The second-order valence-electron chi connectivity index (χ2n) is 6.26. The molecule has 0 aromatic rings.